The minimum atomic E-state index is -0.222. The van der Waals surface area contributed by atoms with E-state index in [1.165, 1.54) is 23.3 Å². The van der Waals surface area contributed by atoms with Crippen LogP contribution in [0.2, 0.25) is 0 Å². The third kappa shape index (κ3) is 2.97. The first-order valence-electron chi connectivity index (χ1n) is 9.29. The molecule has 1 aliphatic heterocycles. The lowest BCUT2D eigenvalue weighted by Gasteiger charge is -2.40. The molecule has 0 amide bonds. The van der Waals surface area contributed by atoms with Crippen LogP contribution in [0.15, 0.2) is 18.6 Å². The number of ether oxygens (including phenoxy) is 1. The summed E-state index contributed by atoms with van der Waals surface area (Å²) >= 11 is 1.77. The third-order valence-electron chi connectivity index (χ3n) is 5.39. The van der Waals surface area contributed by atoms with Gasteiger partial charge >= 0.3 is 0 Å². The number of anilines is 1. The average molecular weight is 383 g/mol. The second kappa shape index (κ2) is 6.78. The highest BCUT2D eigenvalue weighted by Gasteiger charge is 2.38. The van der Waals surface area contributed by atoms with Gasteiger partial charge in [-0.25, -0.2) is 15.0 Å². The number of aryl methyl sites for hydroxylation is 2. The van der Waals surface area contributed by atoms with Crippen molar-refractivity contribution in [1.82, 2.24) is 19.9 Å². The van der Waals surface area contributed by atoms with Gasteiger partial charge in [0, 0.05) is 23.8 Å². The number of nitrogens with zero attached hydrogens (tertiary/aromatic N) is 4. The third-order valence-corrected chi connectivity index (χ3v) is 6.58. The number of aliphatic hydroxyl groups is 1. The normalized spacial score (nSPS) is 18.1. The Morgan fingerprint density at radius 2 is 2.07 bits per heavy atom. The largest absolute Gasteiger partial charge is 0.396 e. The molecule has 2 N–H and O–H groups in total. The molecule has 1 saturated heterocycles. The quantitative estimate of drug-likeness (QED) is 0.699. The van der Waals surface area contributed by atoms with Crippen molar-refractivity contribution in [3.63, 3.8) is 0 Å². The van der Waals surface area contributed by atoms with Crippen LogP contribution >= 0.6 is 11.3 Å². The predicted octanol–water partition coefficient (Wildman–Crippen LogP) is 2.45. The minimum Gasteiger partial charge on any atom is -0.396 e. The van der Waals surface area contributed by atoms with E-state index in [1.807, 2.05) is 0 Å². The van der Waals surface area contributed by atoms with Gasteiger partial charge in [0.2, 0.25) is 0 Å². The monoisotopic (exact) mass is 383 g/mol. The molecule has 0 bridgehead atoms. The molecule has 1 fully saturated rings. The van der Waals surface area contributed by atoms with Gasteiger partial charge in [-0.3, -0.25) is 4.98 Å². The van der Waals surface area contributed by atoms with Gasteiger partial charge in [0.15, 0.2) is 5.82 Å². The van der Waals surface area contributed by atoms with Gasteiger partial charge in [-0.1, -0.05) is 0 Å². The number of aromatic nitrogens is 4. The zero-order valence-electron chi connectivity index (χ0n) is 14.9. The van der Waals surface area contributed by atoms with E-state index in [0.29, 0.717) is 31.3 Å². The molecular weight excluding hydrogens is 362 g/mol. The molecule has 1 aliphatic carbocycles. The topological polar surface area (TPSA) is 93.1 Å². The van der Waals surface area contributed by atoms with Crippen LogP contribution in [0.1, 0.15) is 23.3 Å². The summed E-state index contributed by atoms with van der Waals surface area (Å²) in [6.07, 6.45) is 9.62. The van der Waals surface area contributed by atoms with Gasteiger partial charge in [-0.05, 0) is 31.2 Å². The Bertz CT molecular complexity index is 966. The first-order chi connectivity index (χ1) is 13.3. The van der Waals surface area contributed by atoms with Crippen LogP contribution in [0, 0.1) is 5.41 Å². The number of hydrogen-bond donors (Lipinski definition) is 2. The van der Waals surface area contributed by atoms with E-state index in [1.54, 1.807) is 29.9 Å². The SMILES string of the molecule is OCC1(CNc2nc(-c3cnccn3)nc3sc4c(c23)CCCC4)COC1. The minimum absolute atomic E-state index is 0.104. The van der Waals surface area contributed by atoms with Crippen LogP contribution < -0.4 is 5.32 Å². The Morgan fingerprint density at radius 1 is 1.19 bits per heavy atom. The van der Waals surface area contributed by atoms with Gasteiger partial charge in [0.25, 0.3) is 0 Å². The maximum absolute atomic E-state index is 9.74. The molecule has 7 nitrogen and oxygen atoms in total. The van der Waals surface area contributed by atoms with Crippen molar-refractivity contribution in [3.05, 3.63) is 29.0 Å². The zero-order chi connectivity index (χ0) is 18.3. The molecule has 0 spiro atoms. The van der Waals surface area contributed by atoms with Crippen LogP contribution in [0.5, 0.6) is 0 Å². The summed E-state index contributed by atoms with van der Waals surface area (Å²) < 4.78 is 5.32. The summed E-state index contributed by atoms with van der Waals surface area (Å²) in [6, 6.07) is 0. The van der Waals surface area contributed by atoms with Crippen LogP contribution in [-0.2, 0) is 17.6 Å². The van der Waals surface area contributed by atoms with Crippen LogP contribution in [0.25, 0.3) is 21.7 Å². The number of aliphatic hydroxyl groups excluding tert-OH is 1. The van der Waals surface area contributed by atoms with Gasteiger partial charge in [-0.15, -0.1) is 11.3 Å². The van der Waals surface area contributed by atoms with E-state index in [9.17, 15) is 5.11 Å². The molecule has 0 radical (unpaired) electrons. The molecule has 3 aromatic heterocycles. The Morgan fingerprint density at radius 3 is 2.81 bits per heavy atom. The summed E-state index contributed by atoms with van der Waals surface area (Å²) in [4.78, 5) is 20.5. The molecule has 27 heavy (non-hydrogen) atoms. The van der Waals surface area contributed by atoms with Crippen molar-refractivity contribution in [3.8, 4) is 11.5 Å². The molecule has 0 unspecified atom stereocenters. The van der Waals surface area contributed by atoms with Gasteiger partial charge in [0.1, 0.15) is 16.3 Å². The fourth-order valence-corrected chi connectivity index (χ4v) is 4.99. The Kier molecular flexibility index (Phi) is 4.26. The number of thiophene rings is 1. The zero-order valence-corrected chi connectivity index (χ0v) is 15.8. The molecule has 3 aromatic rings. The number of rotatable bonds is 5. The highest BCUT2D eigenvalue weighted by molar-refractivity contribution is 7.19. The van der Waals surface area contributed by atoms with E-state index in [4.69, 9.17) is 14.7 Å². The fraction of sp³-hybridized carbons (Fsp3) is 0.474. The second-order valence-electron chi connectivity index (χ2n) is 7.38. The Labute approximate surface area is 160 Å². The molecule has 140 valence electrons. The van der Waals surface area contributed by atoms with Crippen LogP contribution in [0.3, 0.4) is 0 Å². The molecule has 0 saturated carbocycles. The molecule has 5 rings (SSSR count). The average Bonchev–Trinajstić information content (AvgIpc) is 3.06. The number of hydrogen-bond acceptors (Lipinski definition) is 8. The Hall–Kier alpha value is -2.16. The van der Waals surface area contributed by atoms with Crippen molar-refractivity contribution in [2.75, 3.05) is 31.7 Å². The molecule has 2 aliphatic rings. The maximum Gasteiger partial charge on any atom is 0.183 e. The molecule has 4 heterocycles. The highest BCUT2D eigenvalue weighted by Crippen LogP contribution is 2.40. The summed E-state index contributed by atoms with van der Waals surface area (Å²) in [7, 11) is 0. The van der Waals surface area contributed by atoms with E-state index in [2.05, 4.69) is 15.3 Å². The number of nitrogens with one attached hydrogen (secondary N) is 1. The summed E-state index contributed by atoms with van der Waals surface area (Å²) in [5.41, 5.74) is 1.83. The Balaban J connectivity index is 1.60. The lowest BCUT2D eigenvalue weighted by molar-refractivity contribution is -0.128. The first kappa shape index (κ1) is 17.0. The number of fused-ring (bicyclic) bond motifs is 3. The summed E-state index contributed by atoms with van der Waals surface area (Å²) in [5.74, 6) is 1.42. The highest BCUT2D eigenvalue weighted by atomic mass is 32.1. The molecule has 0 atom stereocenters. The summed E-state index contributed by atoms with van der Waals surface area (Å²) in [5, 5.41) is 14.4. The second-order valence-corrected chi connectivity index (χ2v) is 8.47. The van der Waals surface area contributed by atoms with Crippen LogP contribution in [-0.4, -0.2) is 51.4 Å². The van der Waals surface area contributed by atoms with Crippen molar-refractivity contribution in [1.29, 1.82) is 0 Å². The molecular formula is C19H21N5O2S. The van der Waals surface area contributed by atoms with E-state index >= 15 is 0 Å². The lowest BCUT2D eigenvalue weighted by Crippen LogP contribution is -2.50. The van der Waals surface area contributed by atoms with Crippen LogP contribution in [0.4, 0.5) is 5.82 Å². The predicted molar refractivity (Wildman–Crippen MR) is 104 cm³/mol. The first-order valence-corrected chi connectivity index (χ1v) is 10.1. The lowest BCUT2D eigenvalue weighted by atomic mass is 9.87. The van der Waals surface area contributed by atoms with E-state index in [0.717, 1.165) is 28.9 Å². The van der Waals surface area contributed by atoms with Gasteiger partial charge in [-0.2, -0.15) is 0 Å². The van der Waals surface area contributed by atoms with E-state index < -0.39 is 0 Å². The van der Waals surface area contributed by atoms with Gasteiger partial charge in [0.05, 0.1) is 36.8 Å². The maximum atomic E-state index is 9.74. The molecule has 0 aromatic carbocycles. The van der Waals surface area contributed by atoms with Crippen molar-refractivity contribution in [2.45, 2.75) is 25.7 Å². The van der Waals surface area contributed by atoms with Crippen molar-refractivity contribution in [2.24, 2.45) is 5.41 Å². The smallest absolute Gasteiger partial charge is 0.183 e. The van der Waals surface area contributed by atoms with Crippen molar-refractivity contribution < 1.29 is 9.84 Å². The summed E-state index contributed by atoms with van der Waals surface area (Å²) in [6.45, 7) is 1.88. The molecule has 8 heteroatoms. The van der Waals surface area contributed by atoms with E-state index in [-0.39, 0.29) is 12.0 Å². The van der Waals surface area contributed by atoms with Crippen molar-refractivity contribution >= 4 is 27.4 Å². The fourth-order valence-electron chi connectivity index (χ4n) is 3.73. The standard InChI is InChI=1S/C19H21N5O2S/c25-9-19(10-26-11-19)8-22-17-15-12-3-1-2-4-14(12)27-18(15)24-16(23-17)13-7-20-5-6-21-13/h5-7,25H,1-4,8-11H2,(H,22,23,24). The van der Waals surface area contributed by atoms with Gasteiger partial charge < -0.3 is 15.2 Å².